The van der Waals surface area contributed by atoms with Crippen LogP contribution in [0.25, 0.3) is 10.2 Å². The molecule has 0 aliphatic heterocycles. The van der Waals surface area contributed by atoms with E-state index in [1.54, 1.807) is 11.3 Å². The van der Waals surface area contributed by atoms with Gasteiger partial charge in [0.1, 0.15) is 10.7 Å². The molecule has 1 aliphatic carbocycles. The van der Waals surface area contributed by atoms with Gasteiger partial charge in [-0.15, -0.1) is 11.3 Å². The van der Waals surface area contributed by atoms with Crippen LogP contribution in [0.5, 0.6) is 0 Å². The second-order valence-corrected chi connectivity index (χ2v) is 10.6. The van der Waals surface area contributed by atoms with Crippen molar-refractivity contribution in [3.05, 3.63) is 62.0 Å². The maximum atomic E-state index is 13.6. The minimum Gasteiger partial charge on any atom is -0.302 e. The van der Waals surface area contributed by atoms with Crippen LogP contribution in [0.3, 0.4) is 0 Å². The summed E-state index contributed by atoms with van der Waals surface area (Å²) in [6.45, 7) is 7.89. The van der Waals surface area contributed by atoms with Crippen molar-refractivity contribution >= 4 is 21.6 Å². The summed E-state index contributed by atoms with van der Waals surface area (Å²) in [5.41, 5.74) is 3.97. The monoisotopic (exact) mass is 409 g/mol. The Morgan fingerprint density at radius 1 is 1.10 bits per heavy atom. The van der Waals surface area contributed by atoms with Crippen molar-refractivity contribution in [1.29, 1.82) is 0 Å². The van der Waals surface area contributed by atoms with E-state index in [-0.39, 0.29) is 11.0 Å². The molecule has 0 saturated carbocycles. The fourth-order valence-electron chi connectivity index (χ4n) is 4.14. The van der Waals surface area contributed by atoms with Crippen LogP contribution in [-0.2, 0) is 31.3 Å². The molecule has 29 heavy (non-hydrogen) atoms. The molecule has 0 fully saturated rings. The van der Waals surface area contributed by atoms with Crippen LogP contribution in [-0.4, -0.2) is 28.5 Å². The normalized spacial score (nSPS) is 14.6. The summed E-state index contributed by atoms with van der Waals surface area (Å²) < 4.78 is 1.90. The number of aryl methyl sites for hydroxylation is 2. The van der Waals surface area contributed by atoms with Crippen molar-refractivity contribution in [1.82, 2.24) is 14.5 Å². The highest BCUT2D eigenvalue weighted by atomic mass is 32.1. The molecule has 0 atom stereocenters. The number of thiophene rings is 1. The fourth-order valence-corrected chi connectivity index (χ4v) is 5.41. The van der Waals surface area contributed by atoms with Crippen LogP contribution in [0, 0.1) is 0 Å². The lowest BCUT2D eigenvalue weighted by Crippen LogP contribution is -2.29. The van der Waals surface area contributed by atoms with Crippen LogP contribution >= 0.6 is 11.3 Å². The highest BCUT2D eigenvalue weighted by Gasteiger charge is 2.22. The number of aromatic nitrogens is 2. The van der Waals surface area contributed by atoms with Crippen molar-refractivity contribution in [2.45, 2.75) is 65.0 Å². The van der Waals surface area contributed by atoms with Crippen LogP contribution in [0.15, 0.2) is 29.1 Å². The molecule has 4 rings (SSSR count). The van der Waals surface area contributed by atoms with Crippen molar-refractivity contribution in [2.75, 3.05) is 14.1 Å². The summed E-state index contributed by atoms with van der Waals surface area (Å²) in [7, 11) is 4.05. The molecule has 0 N–H and O–H groups in total. The molecule has 0 saturated heterocycles. The van der Waals surface area contributed by atoms with Crippen molar-refractivity contribution in [3.8, 4) is 0 Å². The van der Waals surface area contributed by atoms with Crippen LogP contribution < -0.4 is 5.56 Å². The quantitative estimate of drug-likeness (QED) is 0.624. The SMILES string of the molecule is CN(C)Cc1nc2sc3c(c2c(=O)n1Cc1ccc(C(C)(C)C)cc1)CCCC3. The first kappa shape index (κ1) is 20.3. The van der Waals surface area contributed by atoms with E-state index >= 15 is 0 Å². The molecule has 2 heterocycles. The molecule has 0 bridgehead atoms. The Hall–Kier alpha value is -1.98. The smallest absolute Gasteiger partial charge is 0.262 e. The van der Waals surface area contributed by atoms with Gasteiger partial charge < -0.3 is 4.90 Å². The number of rotatable bonds is 4. The molecule has 3 aromatic rings. The molecular weight excluding hydrogens is 378 g/mol. The number of hydrogen-bond donors (Lipinski definition) is 0. The highest BCUT2D eigenvalue weighted by molar-refractivity contribution is 7.18. The Balaban J connectivity index is 1.81. The minimum atomic E-state index is 0.127. The summed E-state index contributed by atoms with van der Waals surface area (Å²) in [5, 5.41) is 0.874. The molecule has 4 nitrogen and oxygen atoms in total. The van der Waals surface area contributed by atoms with Gasteiger partial charge in [0.15, 0.2) is 0 Å². The largest absolute Gasteiger partial charge is 0.302 e. The third-order valence-electron chi connectivity index (χ3n) is 5.77. The van der Waals surface area contributed by atoms with Gasteiger partial charge in [-0.2, -0.15) is 0 Å². The zero-order valence-electron chi connectivity index (χ0n) is 18.2. The van der Waals surface area contributed by atoms with Gasteiger partial charge in [0, 0.05) is 4.88 Å². The maximum Gasteiger partial charge on any atom is 0.262 e. The van der Waals surface area contributed by atoms with E-state index in [2.05, 4.69) is 49.9 Å². The van der Waals surface area contributed by atoms with Crippen LogP contribution in [0.1, 0.15) is 61.0 Å². The highest BCUT2D eigenvalue weighted by Crippen LogP contribution is 2.34. The lowest BCUT2D eigenvalue weighted by molar-refractivity contribution is 0.379. The Morgan fingerprint density at radius 2 is 1.79 bits per heavy atom. The Kier molecular flexibility index (Phi) is 5.38. The number of fused-ring (bicyclic) bond motifs is 3. The summed E-state index contributed by atoms with van der Waals surface area (Å²) in [4.78, 5) is 23.0. The standard InChI is InChI=1S/C24H31N3OS/c1-24(2,3)17-12-10-16(11-13-17)14-27-20(15-26(4)5)25-22-21(23(27)28)18-8-6-7-9-19(18)29-22/h10-13H,6-9,14-15H2,1-5H3. The molecular formula is C24H31N3OS. The minimum absolute atomic E-state index is 0.127. The summed E-state index contributed by atoms with van der Waals surface area (Å²) in [5.74, 6) is 0.853. The van der Waals surface area contributed by atoms with E-state index in [9.17, 15) is 4.79 Å². The van der Waals surface area contributed by atoms with Crippen molar-refractivity contribution in [3.63, 3.8) is 0 Å². The average molecular weight is 410 g/mol. The first-order valence-electron chi connectivity index (χ1n) is 10.5. The topological polar surface area (TPSA) is 38.1 Å². The average Bonchev–Trinajstić information content (AvgIpc) is 3.02. The van der Waals surface area contributed by atoms with E-state index in [0.29, 0.717) is 13.1 Å². The zero-order valence-corrected chi connectivity index (χ0v) is 19.0. The van der Waals surface area contributed by atoms with E-state index in [0.717, 1.165) is 34.4 Å². The Labute approximate surface area is 177 Å². The lowest BCUT2D eigenvalue weighted by atomic mass is 9.87. The first-order valence-corrected chi connectivity index (χ1v) is 11.3. The van der Waals surface area contributed by atoms with E-state index < -0.39 is 0 Å². The third kappa shape index (κ3) is 4.03. The van der Waals surface area contributed by atoms with Crippen molar-refractivity contribution in [2.24, 2.45) is 0 Å². The van der Waals surface area contributed by atoms with Crippen LogP contribution in [0.2, 0.25) is 0 Å². The second-order valence-electron chi connectivity index (χ2n) is 9.50. The molecule has 154 valence electrons. The predicted molar refractivity (Wildman–Crippen MR) is 122 cm³/mol. The van der Waals surface area contributed by atoms with Gasteiger partial charge >= 0.3 is 0 Å². The molecule has 0 radical (unpaired) electrons. The molecule has 0 unspecified atom stereocenters. The number of benzene rings is 1. The Bertz CT molecular complexity index is 1080. The maximum absolute atomic E-state index is 13.6. The predicted octanol–water partition coefficient (Wildman–Crippen LogP) is 4.74. The van der Waals surface area contributed by atoms with E-state index in [1.807, 2.05) is 18.7 Å². The lowest BCUT2D eigenvalue weighted by Gasteiger charge is -2.20. The van der Waals surface area contributed by atoms with Gasteiger partial charge in [-0.3, -0.25) is 9.36 Å². The van der Waals surface area contributed by atoms with Gasteiger partial charge in [0.25, 0.3) is 5.56 Å². The zero-order chi connectivity index (χ0) is 20.8. The van der Waals surface area contributed by atoms with Gasteiger partial charge in [0.05, 0.1) is 18.5 Å². The van der Waals surface area contributed by atoms with Gasteiger partial charge in [0.2, 0.25) is 0 Å². The number of nitrogens with zero attached hydrogens (tertiary/aromatic N) is 3. The molecule has 0 spiro atoms. The first-order chi connectivity index (χ1) is 13.7. The van der Waals surface area contributed by atoms with Gasteiger partial charge in [-0.05, 0) is 61.9 Å². The second kappa shape index (κ2) is 7.69. The summed E-state index contributed by atoms with van der Waals surface area (Å²) >= 11 is 1.73. The molecule has 5 heteroatoms. The molecule has 2 aromatic heterocycles. The molecule has 1 aliphatic rings. The summed E-state index contributed by atoms with van der Waals surface area (Å²) in [6.07, 6.45) is 4.50. The molecule has 0 amide bonds. The van der Waals surface area contributed by atoms with Crippen molar-refractivity contribution < 1.29 is 0 Å². The van der Waals surface area contributed by atoms with Gasteiger partial charge in [-0.25, -0.2) is 4.98 Å². The number of hydrogen-bond acceptors (Lipinski definition) is 4. The van der Waals surface area contributed by atoms with E-state index in [4.69, 9.17) is 4.98 Å². The summed E-state index contributed by atoms with van der Waals surface area (Å²) in [6, 6.07) is 8.67. The fraction of sp³-hybridized carbons (Fsp3) is 0.500. The van der Waals surface area contributed by atoms with Gasteiger partial charge in [-0.1, -0.05) is 45.0 Å². The third-order valence-corrected chi connectivity index (χ3v) is 6.96. The van der Waals surface area contributed by atoms with E-state index in [1.165, 1.54) is 28.8 Å². The molecule has 1 aromatic carbocycles. The Morgan fingerprint density at radius 3 is 2.45 bits per heavy atom. The van der Waals surface area contributed by atoms with Crippen LogP contribution in [0.4, 0.5) is 0 Å².